The van der Waals surface area contributed by atoms with Crippen molar-refractivity contribution in [1.29, 1.82) is 0 Å². The molecule has 1 aromatic heterocycles. The standard InChI is InChI=1S/C11H12N2S2/c1-8-9(12)3-2-4-10(8)15-7-11-13-5-6-14-11/h2-6H,7,12H2,1H3. The second kappa shape index (κ2) is 4.68. The Morgan fingerprint density at radius 3 is 3.07 bits per heavy atom. The molecule has 0 saturated carbocycles. The summed E-state index contributed by atoms with van der Waals surface area (Å²) in [5.41, 5.74) is 7.87. The molecule has 0 bridgehead atoms. The fraction of sp³-hybridized carbons (Fsp3) is 0.182. The third-order valence-electron chi connectivity index (χ3n) is 2.16. The molecule has 0 aliphatic rings. The summed E-state index contributed by atoms with van der Waals surface area (Å²) >= 11 is 3.48. The highest BCUT2D eigenvalue weighted by Crippen LogP contribution is 2.29. The van der Waals surface area contributed by atoms with Crippen molar-refractivity contribution in [2.24, 2.45) is 0 Å². The van der Waals surface area contributed by atoms with Gasteiger partial charge in [-0.25, -0.2) is 4.98 Å². The number of nitrogen functional groups attached to an aromatic ring is 1. The van der Waals surface area contributed by atoms with E-state index in [1.165, 1.54) is 10.5 Å². The van der Waals surface area contributed by atoms with E-state index in [1.807, 2.05) is 23.7 Å². The summed E-state index contributed by atoms with van der Waals surface area (Å²) < 4.78 is 0. The van der Waals surface area contributed by atoms with Crippen LogP contribution in [0.25, 0.3) is 0 Å². The molecule has 1 aromatic carbocycles. The fourth-order valence-corrected chi connectivity index (χ4v) is 2.96. The smallest absolute Gasteiger partial charge is 0.103 e. The number of rotatable bonds is 3. The summed E-state index contributed by atoms with van der Waals surface area (Å²) in [6.45, 7) is 2.06. The van der Waals surface area contributed by atoms with Crippen LogP contribution in [0, 0.1) is 6.92 Å². The van der Waals surface area contributed by atoms with E-state index in [-0.39, 0.29) is 0 Å². The maximum atomic E-state index is 5.84. The molecule has 2 N–H and O–H groups in total. The number of thioether (sulfide) groups is 1. The van der Waals surface area contributed by atoms with Crippen LogP contribution in [0.4, 0.5) is 5.69 Å². The lowest BCUT2D eigenvalue weighted by Crippen LogP contribution is -1.90. The third-order valence-corrected chi connectivity index (χ3v) is 4.29. The molecule has 15 heavy (non-hydrogen) atoms. The van der Waals surface area contributed by atoms with Gasteiger partial charge in [-0.05, 0) is 24.6 Å². The second-order valence-electron chi connectivity index (χ2n) is 3.18. The molecule has 2 rings (SSSR count). The minimum Gasteiger partial charge on any atom is -0.398 e. The lowest BCUT2D eigenvalue weighted by molar-refractivity contribution is 1.25. The zero-order chi connectivity index (χ0) is 10.7. The molecule has 0 saturated heterocycles. The van der Waals surface area contributed by atoms with Gasteiger partial charge in [0.25, 0.3) is 0 Å². The molecular weight excluding hydrogens is 224 g/mol. The number of thiazole rings is 1. The fourth-order valence-electron chi connectivity index (χ4n) is 1.25. The Morgan fingerprint density at radius 1 is 1.47 bits per heavy atom. The lowest BCUT2D eigenvalue weighted by atomic mass is 10.2. The first kappa shape index (κ1) is 10.5. The number of nitrogens with two attached hydrogens (primary N) is 1. The van der Waals surface area contributed by atoms with Crippen LogP contribution in [-0.2, 0) is 5.75 Å². The molecule has 1 heterocycles. The van der Waals surface area contributed by atoms with Crippen LogP contribution in [-0.4, -0.2) is 4.98 Å². The Kier molecular flexibility index (Phi) is 3.28. The topological polar surface area (TPSA) is 38.9 Å². The number of hydrogen-bond acceptors (Lipinski definition) is 4. The van der Waals surface area contributed by atoms with E-state index in [0.29, 0.717) is 0 Å². The molecule has 0 fully saturated rings. The molecule has 2 aromatic rings. The van der Waals surface area contributed by atoms with Gasteiger partial charge in [-0.3, -0.25) is 0 Å². The average Bonchev–Trinajstić information content (AvgIpc) is 2.73. The number of nitrogens with zero attached hydrogens (tertiary/aromatic N) is 1. The Morgan fingerprint density at radius 2 is 2.33 bits per heavy atom. The quantitative estimate of drug-likeness (QED) is 0.656. The van der Waals surface area contributed by atoms with Gasteiger partial charge in [-0.2, -0.15) is 0 Å². The van der Waals surface area contributed by atoms with E-state index in [4.69, 9.17) is 5.73 Å². The first-order valence-corrected chi connectivity index (χ1v) is 6.50. The predicted molar refractivity (Wildman–Crippen MR) is 67.3 cm³/mol. The number of aromatic nitrogens is 1. The van der Waals surface area contributed by atoms with Crippen molar-refractivity contribution in [2.45, 2.75) is 17.6 Å². The van der Waals surface area contributed by atoms with Gasteiger partial charge in [-0.1, -0.05) is 6.07 Å². The zero-order valence-corrected chi connectivity index (χ0v) is 10.1. The molecule has 0 radical (unpaired) electrons. The van der Waals surface area contributed by atoms with Gasteiger partial charge in [0, 0.05) is 22.2 Å². The number of anilines is 1. The van der Waals surface area contributed by atoms with Crippen LogP contribution >= 0.6 is 23.1 Å². The summed E-state index contributed by atoms with van der Waals surface area (Å²) in [5, 5.41) is 3.16. The molecule has 0 amide bonds. The Bertz CT molecular complexity index is 438. The van der Waals surface area contributed by atoms with Crippen molar-refractivity contribution < 1.29 is 0 Å². The minimum absolute atomic E-state index is 0.860. The predicted octanol–water partition coefficient (Wildman–Crippen LogP) is 3.33. The average molecular weight is 236 g/mol. The Labute approximate surface area is 97.5 Å². The molecule has 4 heteroatoms. The highest BCUT2D eigenvalue weighted by Gasteiger charge is 2.03. The van der Waals surface area contributed by atoms with Gasteiger partial charge < -0.3 is 5.73 Å². The van der Waals surface area contributed by atoms with Crippen LogP contribution in [0.3, 0.4) is 0 Å². The minimum atomic E-state index is 0.860. The van der Waals surface area contributed by atoms with E-state index in [9.17, 15) is 0 Å². The van der Waals surface area contributed by atoms with E-state index >= 15 is 0 Å². The molecule has 78 valence electrons. The first-order chi connectivity index (χ1) is 7.27. The van der Waals surface area contributed by atoms with Crippen LogP contribution in [0.2, 0.25) is 0 Å². The lowest BCUT2D eigenvalue weighted by Gasteiger charge is -2.06. The van der Waals surface area contributed by atoms with Gasteiger partial charge in [0.15, 0.2) is 0 Å². The zero-order valence-electron chi connectivity index (χ0n) is 8.43. The monoisotopic (exact) mass is 236 g/mol. The van der Waals surface area contributed by atoms with Crippen molar-refractivity contribution in [3.8, 4) is 0 Å². The Hall–Kier alpha value is -1.00. The van der Waals surface area contributed by atoms with Gasteiger partial charge >= 0.3 is 0 Å². The van der Waals surface area contributed by atoms with Crippen LogP contribution in [0.5, 0.6) is 0 Å². The summed E-state index contributed by atoms with van der Waals surface area (Å²) in [5.74, 6) is 0.919. The highest BCUT2D eigenvalue weighted by molar-refractivity contribution is 7.98. The van der Waals surface area contributed by atoms with E-state index < -0.39 is 0 Å². The molecular formula is C11H12N2S2. The normalized spacial score (nSPS) is 10.5. The summed E-state index contributed by atoms with van der Waals surface area (Å²) in [7, 11) is 0. The van der Waals surface area contributed by atoms with E-state index in [2.05, 4.69) is 18.0 Å². The Balaban J connectivity index is 2.08. The molecule has 0 aliphatic carbocycles. The van der Waals surface area contributed by atoms with Crippen molar-refractivity contribution >= 4 is 28.8 Å². The summed E-state index contributed by atoms with van der Waals surface area (Å²) in [4.78, 5) is 5.49. The summed E-state index contributed by atoms with van der Waals surface area (Å²) in [6.07, 6.45) is 1.84. The van der Waals surface area contributed by atoms with Crippen molar-refractivity contribution in [3.05, 3.63) is 40.3 Å². The van der Waals surface area contributed by atoms with Crippen molar-refractivity contribution in [1.82, 2.24) is 4.98 Å². The molecule has 0 atom stereocenters. The van der Waals surface area contributed by atoms with Crippen LogP contribution in [0.1, 0.15) is 10.6 Å². The molecule has 0 spiro atoms. The van der Waals surface area contributed by atoms with Crippen molar-refractivity contribution in [2.75, 3.05) is 5.73 Å². The van der Waals surface area contributed by atoms with Gasteiger partial charge in [0.1, 0.15) is 5.01 Å². The van der Waals surface area contributed by atoms with Crippen LogP contribution < -0.4 is 5.73 Å². The highest BCUT2D eigenvalue weighted by atomic mass is 32.2. The number of hydrogen-bond donors (Lipinski definition) is 1. The first-order valence-electron chi connectivity index (χ1n) is 4.63. The van der Waals surface area contributed by atoms with E-state index in [0.717, 1.165) is 16.4 Å². The van der Waals surface area contributed by atoms with E-state index in [1.54, 1.807) is 23.1 Å². The molecule has 0 aliphatic heterocycles. The maximum absolute atomic E-state index is 5.84. The van der Waals surface area contributed by atoms with Gasteiger partial charge in [0.2, 0.25) is 0 Å². The van der Waals surface area contributed by atoms with Crippen molar-refractivity contribution in [3.63, 3.8) is 0 Å². The number of benzene rings is 1. The van der Waals surface area contributed by atoms with Gasteiger partial charge in [-0.15, -0.1) is 23.1 Å². The maximum Gasteiger partial charge on any atom is 0.103 e. The van der Waals surface area contributed by atoms with Crippen LogP contribution in [0.15, 0.2) is 34.7 Å². The molecule has 2 nitrogen and oxygen atoms in total. The summed E-state index contributed by atoms with van der Waals surface area (Å²) in [6, 6.07) is 6.03. The largest absolute Gasteiger partial charge is 0.398 e. The second-order valence-corrected chi connectivity index (χ2v) is 5.18. The molecule has 0 unspecified atom stereocenters. The third kappa shape index (κ3) is 2.52. The van der Waals surface area contributed by atoms with Gasteiger partial charge in [0.05, 0.1) is 5.75 Å². The SMILES string of the molecule is Cc1c(N)cccc1SCc1nccs1.